The van der Waals surface area contributed by atoms with E-state index in [9.17, 15) is 27.1 Å². The van der Waals surface area contributed by atoms with Crippen LogP contribution in [0.5, 0.6) is 0 Å². The second-order valence-electron chi connectivity index (χ2n) is 3.84. The maximum Gasteiger partial charge on any atom is 0.262 e. The quantitative estimate of drug-likeness (QED) is 0.505. The number of aliphatic hydroxyl groups is 1. The highest BCUT2D eigenvalue weighted by Crippen LogP contribution is 2.34. The van der Waals surface area contributed by atoms with Crippen LogP contribution in [0.1, 0.15) is 11.1 Å². The predicted octanol–water partition coefficient (Wildman–Crippen LogP) is 3.41. The van der Waals surface area contributed by atoms with Gasteiger partial charge in [-0.15, -0.1) is 0 Å². The van der Waals surface area contributed by atoms with E-state index >= 15 is 0 Å². The van der Waals surface area contributed by atoms with Crippen molar-refractivity contribution in [3.63, 3.8) is 0 Å². The van der Waals surface area contributed by atoms with Crippen molar-refractivity contribution in [1.29, 1.82) is 0 Å². The highest BCUT2D eigenvalue weighted by Gasteiger charge is 2.37. The third-order valence-electron chi connectivity index (χ3n) is 2.62. The van der Waals surface area contributed by atoms with Gasteiger partial charge >= 0.3 is 0 Å². The Morgan fingerprint density at radius 3 is 2.00 bits per heavy atom. The standard InChI is InChI=1S/C13H7F5O/c14-9-6-8(10(15)12(17)11(9)16)13(18,19)7-4-2-1-3-5-7/h1-6,19H. The molecule has 1 unspecified atom stereocenters. The summed E-state index contributed by atoms with van der Waals surface area (Å²) < 4.78 is 66.4. The first-order valence-electron chi connectivity index (χ1n) is 5.16. The molecule has 0 fully saturated rings. The summed E-state index contributed by atoms with van der Waals surface area (Å²) in [7, 11) is 0. The zero-order valence-electron chi connectivity index (χ0n) is 9.30. The summed E-state index contributed by atoms with van der Waals surface area (Å²) in [6.45, 7) is 0. The van der Waals surface area contributed by atoms with Gasteiger partial charge in [-0.3, -0.25) is 0 Å². The molecular weight excluding hydrogens is 267 g/mol. The van der Waals surface area contributed by atoms with Gasteiger partial charge in [0.25, 0.3) is 5.85 Å². The van der Waals surface area contributed by atoms with Crippen LogP contribution >= 0.6 is 0 Å². The minimum atomic E-state index is -3.47. The molecule has 0 saturated heterocycles. The summed E-state index contributed by atoms with van der Waals surface area (Å²) in [6.07, 6.45) is 0. The second kappa shape index (κ2) is 4.62. The van der Waals surface area contributed by atoms with Gasteiger partial charge in [0.05, 0.1) is 5.56 Å². The van der Waals surface area contributed by atoms with Crippen LogP contribution < -0.4 is 0 Å². The minimum Gasteiger partial charge on any atom is -0.354 e. The fraction of sp³-hybridized carbons (Fsp3) is 0.0769. The fourth-order valence-electron chi connectivity index (χ4n) is 1.63. The van der Waals surface area contributed by atoms with E-state index in [0.717, 1.165) is 12.1 Å². The summed E-state index contributed by atoms with van der Waals surface area (Å²) in [4.78, 5) is 0. The molecule has 19 heavy (non-hydrogen) atoms. The van der Waals surface area contributed by atoms with Crippen LogP contribution in [0.15, 0.2) is 36.4 Å². The van der Waals surface area contributed by atoms with Gasteiger partial charge in [0, 0.05) is 5.56 Å². The Kier molecular flexibility index (Phi) is 3.28. The first-order chi connectivity index (χ1) is 8.85. The van der Waals surface area contributed by atoms with Crippen molar-refractivity contribution in [2.75, 3.05) is 0 Å². The smallest absolute Gasteiger partial charge is 0.262 e. The second-order valence-corrected chi connectivity index (χ2v) is 3.84. The minimum absolute atomic E-state index is 0.0841. The van der Waals surface area contributed by atoms with Gasteiger partial charge in [-0.1, -0.05) is 30.3 Å². The highest BCUT2D eigenvalue weighted by molar-refractivity contribution is 5.35. The van der Waals surface area contributed by atoms with Crippen molar-refractivity contribution in [3.05, 3.63) is 70.8 Å². The molecule has 0 radical (unpaired) electrons. The van der Waals surface area contributed by atoms with Crippen LogP contribution in [0, 0.1) is 23.3 Å². The van der Waals surface area contributed by atoms with Crippen molar-refractivity contribution in [2.45, 2.75) is 5.85 Å². The number of halogens is 5. The lowest BCUT2D eigenvalue weighted by molar-refractivity contribution is -0.0582. The van der Waals surface area contributed by atoms with Crippen LogP contribution in [0.4, 0.5) is 22.0 Å². The third-order valence-corrected chi connectivity index (χ3v) is 2.62. The SMILES string of the molecule is OC(F)(c1ccccc1)c1cc(F)c(F)c(F)c1F. The fourth-order valence-corrected chi connectivity index (χ4v) is 1.63. The Bertz CT molecular complexity index is 610. The molecule has 100 valence electrons. The summed E-state index contributed by atoms with van der Waals surface area (Å²) in [5.74, 6) is -11.5. The zero-order chi connectivity index (χ0) is 14.2. The number of alkyl halides is 1. The van der Waals surface area contributed by atoms with Crippen LogP contribution in [0.25, 0.3) is 0 Å². The predicted molar refractivity (Wildman–Crippen MR) is 56.8 cm³/mol. The van der Waals surface area contributed by atoms with Gasteiger partial charge in [-0.05, 0) is 6.07 Å². The largest absolute Gasteiger partial charge is 0.354 e. The molecule has 1 N–H and O–H groups in total. The lowest BCUT2D eigenvalue weighted by Crippen LogP contribution is -2.24. The number of rotatable bonds is 2. The molecule has 1 nitrogen and oxygen atoms in total. The van der Waals surface area contributed by atoms with Crippen LogP contribution in [-0.2, 0) is 5.85 Å². The van der Waals surface area contributed by atoms with Crippen molar-refractivity contribution < 1.29 is 27.1 Å². The Balaban J connectivity index is 2.65. The van der Waals surface area contributed by atoms with E-state index in [0.29, 0.717) is 0 Å². The first kappa shape index (κ1) is 13.5. The van der Waals surface area contributed by atoms with Gasteiger partial charge in [0.1, 0.15) is 0 Å². The zero-order valence-corrected chi connectivity index (χ0v) is 9.30. The molecule has 0 saturated carbocycles. The Morgan fingerprint density at radius 2 is 1.42 bits per heavy atom. The monoisotopic (exact) mass is 274 g/mol. The molecule has 2 aromatic carbocycles. The van der Waals surface area contributed by atoms with Crippen molar-refractivity contribution in [3.8, 4) is 0 Å². The van der Waals surface area contributed by atoms with Crippen LogP contribution in [0.2, 0.25) is 0 Å². The molecule has 2 aromatic rings. The van der Waals surface area contributed by atoms with Crippen LogP contribution in [0.3, 0.4) is 0 Å². The molecule has 0 aliphatic rings. The van der Waals surface area contributed by atoms with E-state index in [2.05, 4.69) is 0 Å². The molecule has 0 spiro atoms. The Morgan fingerprint density at radius 1 is 0.842 bits per heavy atom. The number of hydrogen-bond acceptors (Lipinski definition) is 1. The number of hydrogen-bond donors (Lipinski definition) is 1. The summed E-state index contributed by atoms with van der Waals surface area (Å²) in [5.41, 5.74) is -1.76. The molecule has 0 aromatic heterocycles. The average molecular weight is 274 g/mol. The average Bonchev–Trinajstić information content (AvgIpc) is 2.41. The van der Waals surface area contributed by atoms with E-state index in [1.165, 1.54) is 18.2 Å². The van der Waals surface area contributed by atoms with Crippen molar-refractivity contribution >= 4 is 0 Å². The van der Waals surface area contributed by atoms with Gasteiger partial charge in [0.2, 0.25) is 0 Å². The van der Waals surface area contributed by atoms with Gasteiger partial charge in [-0.2, -0.15) is 0 Å². The highest BCUT2D eigenvalue weighted by atomic mass is 19.2. The molecule has 0 bridgehead atoms. The Hall–Kier alpha value is -1.95. The van der Waals surface area contributed by atoms with E-state index in [1.807, 2.05) is 0 Å². The lowest BCUT2D eigenvalue weighted by Gasteiger charge is -2.20. The summed E-state index contributed by atoms with van der Waals surface area (Å²) >= 11 is 0. The van der Waals surface area contributed by atoms with Crippen LogP contribution in [-0.4, -0.2) is 5.11 Å². The van der Waals surface area contributed by atoms with E-state index in [1.54, 1.807) is 0 Å². The third kappa shape index (κ3) is 2.19. The molecule has 0 amide bonds. The van der Waals surface area contributed by atoms with E-state index < -0.39 is 40.3 Å². The number of benzene rings is 2. The van der Waals surface area contributed by atoms with Gasteiger partial charge < -0.3 is 5.11 Å². The maximum absolute atomic E-state index is 14.2. The molecule has 2 rings (SSSR count). The topological polar surface area (TPSA) is 20.2 Å². The lowest BCUT2D eigenvalue weighted by atomic mass is 9.98. The maximum atomic E-state index is 14.2. The normalized spacial score (nSPS) is 14.2. The van der Waals surface area contributed by atoms with Gasteiger partial charge in [-0.25, -0.2) is 22.0 Å². The molecular formula is C13H7F5O. The summed E-state index contributed by atoms with van der Waals surface area (Å²) in [6, 6.07) is 6.46. The van der Waals surface area contributed by atoms with E-state index in [-0.39, 0.29) is 6.07 Å². The molecule has 0 aliphatic heterocycles. The molecule has 6 heteroatoms. The van der Waals surface area contributed by atoms with Crippen molar-refractivity contribution in [2.24, 2.45) is 0 Å². The molecule has 0 aliphatic carbocycles. The Labute approximate surface area is 104 Å². The summed E-state index contributed by atoms with van der Waals surface area (Å²) in [5, 5.41) is 9.62. The van der Waals surface area contributed by atoms with Crippen molar-refractivity contribution in [1.82, 2.24) is 0 Å². The first-order valence-corrected chi connectivity index (χ1v) is 5.16. The molecule has 1 atom stereocenters. The van der Waals surface area contributed by atoms with Gasteiger partial charge in [0.15, 0.2) is 23.3 Å². The van der Waals surface area contributed by atoms with E-state index in [4.69, 9.17) is 0 Å². The molecule has 0 heterocycles.